The molecule has 0 saturated heterocycles. The van der Waals surface area contributed by atoms with Gasteiger partial charge in [0.15, 0.2) is 0 Å². The van der Waals surface area contributed by atoms with E-state index < -0.39 is 11.9 Å². The van der Waals surface area contributed by atoms with Crippen LogP contribution in [0.3, 0.4) is 0 Å². The Kier molecular flexibility index (Phi) is 5.87. The molecule has 0 aromatic carbocycles. The minimum Gasteiger partial charge on any atom is -0.481 e. The smallest absolute Gasteiger partial charge is 0.306 e. The van der Waals surface area contributed by atoms with Gasteiger partial charge in [-0.05, 0) is 25.7 Å². The lowest BCUT2D eigenvalue weighted by atomic mass is 9.82. The van der Waals surface area contributed by atoms with Gasteiger partial charge in [-0.3, -0.25) is 9.59 Å². The SMILES string of the molecule is CO.O=C(O)C1CCC(C(=O)O)CC1. The quantitative estimate of drug-likeness (QED) is 0.611. The maximum Gasteiger partial charge on any atom is 0.306 e. The van der Waals surface area contributed by atoms with Crippen LogP contribution in [-0.4, -0.2) is 34.4 Å². The number of rotatable bonds is 2. The van der Waals surface area contributed by atoms with E-state index in [-0.39, 0.29) is 11.8 Å². The lowest BCUT2D eigenvalue weighted by Gasteiger charge is -2.22. The zero-order chi connectivity index (χ0) is 11.1. The molecule has 1 aliphatic carbocycles. The summed E-state index contributed by atoms with van der Waals surface area (Å²) in [6.07, 6.45) is 2.03. The van der Waals surface area contributed by atoms with Crippen LogP contribution in [0.15, 0.2) is 0 Å². The lowest BCUT2D eigenvalue weighted by Crippen LogP contribution is -2.25. The summed E-state index contributed by atoms with van der Waals surface area (Å²) in [5, 5.41) is 24.2. The van der Waals surface area contributed by atoms with E-state index in [0.717, 1.165) is 7.11 Å². The van der Waals surface area contributed by atoms with Crippen LogP contribution in [0, 0.1) is 11.8 Å². The third-order valence-corrected chi connectivity index (χ3v) is 2.43. The third-order valence-electron chi connectivity index (χ3n) is 2.43. The second-order valence-corrected chi connectivity index (χ2v) is 3.23. The molecule has 1 fully saturated rings. The molecular weight excluding hydrogens is 188 g/mol. The van der Waals surface area contributed by atoms with Crippen molar-refractivity contribution >= 4 is 11.9 Å². The van der Waals surface area contributed by atoms with Gasteiger partial charge in [0, 0.05) is 7.11 Å². The van der Waals surface area contributed by atoms with E-state index in [2.05, 4.69) is 0 Å². The Balaban J connectivity index is 0.000000791. The zero-order valence-electron chi connectivity index (χ0n) is 8.14. The van der Waals surface area contributed by atoms with Crippen molar-refractivity contribution in [1.29, 1.82) is 0 Å². The van der Waals surface area contributed by atoms with Gasteiger partial charge < -0.3 is 15.3 Å². The lowest BCUT2D eigenvalue weighted by molar-refractivity contribution is -0.148. The number of aliphatic hydroxyl groups is 1. The summed E-state index contributed by atoms with van der Waals surface area (Å²) in [6, 6.07) is 0. The molecule has 0 unspecified atom stereocenters. The van der Waals surface area contributed by atoms with Crippen LogP contribution in [-0.2, 0) is 9.59 Å². The molecular formula is C9H16O5. The molecule has 5 nitrogen and oxygen atoms in total. The molecule has 0 amide bonds. The topological polar surface area (TPSA) is 94.8 Å². The second-order valence-electron chi connectivity index (χ2n) is 3.23. The van der Waals surface area contributed by atoms with Gasteiger partial charge in [-0.1, -0.05) is 0 Å². The van der Waals surface area contributed by atoms with E-state index in [1.165, 1.54) is 0 Å². The van der Waals surface area contributed by atoms with E-state index in [4.69, 9.17) is 15.3 Å². The van der Waals surface area contributed by atoms with Crippen molar-refractivity contribution in [2.75, 3.05) is 7.11 Å². The molecule has 82 valence electrons. The Hall–Kier alpha value is -1.10. The van der Waals surface area contributed by atoms with Crippen molar-refractivity contribution in [1.82, 2.24) is 0 Å². The predicted molar refractivity (Wildman–Crippen MR) is 48.9 cm³/mol. The summed E-state index contributed by atoms with van der Waals surface area (Å²) < 4.78 is 0. The summed E-state index contributed by atoms with van der Waals surface area (Å²) in [4.78, 5) is 21.0. The number of hydrogen-bond donors (Lipinski definition) is 3. The van der Waals surface area contributed by atoms with Crippen LogP contribution < -0.4 is 0 Å². The Bertz CT molecular complexity index is 171. The number of carboxylic acid groups (broad SMARTS) is 2. The third kappa shape index (κ3) is 3.74. The van der Waals surface area contributed by atoms with Gasteiger partial charge in [-0.15, -0.1) is 0 Å². The molecule has 5 heteroatoms. The first-order valence-corrected chi connectivity index (χ1v) is 4.51. The maximum absolute atomic E-state index is 10.5. The van der Waals surface area contributed by atoms with Crippen molar-refractivity contribution in [2.24, 2.45) is 11.8 Å². The van der Waals surface area contributed by atoms with Crippen LogP contribution in [0.4, 0.5) is 0 Å². The van der Waals surface area contributed by atoms with E-state index in [0.29, 0.717) is 25.7 Å². The van der Waals surface area contributed by atoms with Gasteiger partial charge in [0.1, 0.15) is 0 Å². The summed E-state index contributed by atoms with van der Waals surface area (Å²) in [5.74, 6) is -2.22. The molecule has 0 spiro atoms. The summed E-state index contributed by atoms with van der Waals surface area (Å²) in [5.41, 5.74) is 0. The van der Waals surface area contributed by atoms with E-state index >= 15 is 0 Å². The average Bonchev–Trinajstić information content (AvgIpc) is 2.21. The minimum absolute atomic E-state index is 0.319. The van der Waals surface area contributed by atoms with Gasteiger partial charge in [0.25, 0.3) is 0 Å². The van der Waals surface area contributed by atoms with E-state index in [1.807, 2.05) is 0 Å². The van der Waals surface area contributed by atoms with Crippen LogP contribution >= 0.6 is 0 Å². The Morgan fingerprint density at radius 2 is 1.07 bits per heavy atom. The number of carbonyl (C=O) groups is 2. The molecule has 0 bridgehead atoms. The molecule has 0 aromatic rings. The summed E-state index contributed by atoms with van der Waals surface area (Å²) in [7, 11) is 1.00. The fraction of sp³-hybridized carbons (Fsp3) is 0.778. The van der Waals surface area contributed by atoms with Crippen molar-refractivity contribution in [3.63, 3.8) is 0 Å². The first kappa shape index (κ1) is 12.9. The molecule has 0 radical (unpaired) electrons. The van der Waals surface area contributed by atoms with Gasteiger partial charge in [0.05, 0.1) is 11.8 Å². The molecule has 0 heterocycles. The monoisotopic (exact) mass is 204 g/mol. The highest BCUT2D eigenvalue weighted by atomic mass is 16.4. The molecule has 0 aliphatic heterocycles. The van der Waals surface area contributed by atoms with Crippen LogP contribution in [0.5, 0.6) is 0 Å². The van der Waals surface area contributed by atoms with Crippen LogP contribution in [0.25, 0.3) is 0 Å². The number of aliphatic hydroxyl groups excluding tert-OH is 1. The number of hydrogen-bond acceptors (Lipinski definition) is 3. The number of carboxylic acids is 2. The van der Waals surface area contributed by atoms with E-state index in [1.54, 1.807) is 0 Å². The van der Waals surface area contributed by atoms with Gasteiger partial charge in [-0.2, -0.15) is 0 Å². The minimum atomic E-state index is -0.793. The molecule has 0 atom stereocenters. The van der Waals surface area contributed by atoms with Crippen molar-refractivity contribution in [3.05, 3.63) is 0 Å². The molecule has 14 heavy (non-hydrogen) atoms. The summed E-state index contributed by atoms with van der Waals surface area (Å²) in [6.45, 7) is 0. The van der Waals surface area contributed by atoms with E-state index in [9.17, 15) is 9.59 Å². The standard InChI is InChI=1S/C8H12O4.CH4O/c9-7(10)5-1-2-6(4-3-5)8(11)12;1-2/h5-6H,1-4H2,(H,9,10)(H,11,12);2H,1H3. The normalized spacial score (nSPS) is 25.9. The Labute approximate surface area is 82.4 Å². The highest BCUT2D eigenvalue weighted by molar-refractivity contribution is 5.72. The van der Waals surface area contributed by atoms with Crippen molar-refractivity contribution < 1.29 is 24.9 Å². The molecule has 1 aliphatic rings. The second kappa shape index (κ2) is 6.37. The maximum atomic E-state index is 10.5. The Morgan fingerprint density at radius 1 is 0.857 bits per heavy atom. The van der Waals surface area contributed by atoms with Gasteiger partial charge >= 0.3 is 11.9 Å². The van der Waals surface area contributed by atoms with Crippen molar-refractivity contribution in [3.8, 4) is 0 Å². The fourth-order valence-electron chi connectivity index (χ4n) is 1.59. The largest absolute Gasteiger partial charge is 0.481 e. The van der Waals surface area contributed by atoms with Gasteiger partial charge in [-0.25, -0.2) is 0 Å². The van der Waals surface area contributed by atoms with Gasteiger partial charge in [0.2, 0.25) is 0 Å². The predicted octanol–water partition coefficient (Wildman–Crippen LogP) is 0.570. The molecule has 0 aromatic heterocycles. The highest BCUT2D eigenvalue weighted by Gasteiger charge is 2.29. The highest BCUT2D eigenvalue weighted by Crippen LogP contribution is 2.28. The number of aliphatic carboxylic acids is 2. The Morgan fingerprint density at radius 3 is 1.21 bits per heavy atom. The molecule has 1 rings (SSSR count). The van der Waals surface area contributed by atoms with Crippen LogP contribution in [0.1, 0.15) is 25.7 Å². The first-order chi connectivity index (χ1) is 6.61. The molecule has 1 saturated carbocycles. The average molecular weight is 204 g/mol. The molecule has 3 N–H and O–H groups in total. The fourth-order valence-corrected chi connectivity index (χ4v) is 1.59. The van der Waals surface area contributed by atoms with Crippen LogP contribution in [0.2, 0.25) is 0 Å². The van der Waals surface area contributed by atoms with Crippen molar-refractivity contribution in [2.45, 2.75) is 25.7 Å². The zero-order valence-corrected chi connectivity index (χ0v) is 8.14. The first-order valence-electron chi connectivity index (χ1n) is 4.51. The summed E-state index contributed by atoms with van der Waals surface area (Å²) >= 11 is 0.